The topological polar surface area (TPSA) is 66.8 Å². The number of carbonyl (C=O) groups is 2. The largest absolute Gasteiger partial charge is 0.507 e. The fourth-order valence-corrected chi connectivity index (χ4v) is 4.08. The maximum atomic E-state index is 13.0. The number of ketones is 1. The molecule has 3 rings (SSSR count). The molecule has 0 bridgehead atoms. The maximum Gasteiger partial charge on any atom is 0.295 e. The molecular formula is C24H27NO4. The number of nitrogens with zero attached hydrogens (tertiary/aromatic N) is 1. The minimum atomic E-state index is -0.663. The van der Waals surface area contributed by atoms with Gasteiger partial charge in [0.15, 0.2) is 0 Å². The number of methoxy groups -OCH3 is 1. The van der Waals surface area contributed by atoms with E-state index >= 15 is 0 Å². The molecule has 1 saturated heterocycles. The van der Waals surface area contributed by atoms with Crippen molar-refractivity contribution in [3.63, 3.8) is 0 Å². The number of likely N-dealkylation sites (tertiary alicyclic amines) is 1. The summed E-state index contributed by atoms with van der Waals surface area (Å²) < 4.78 is 5.50. The van der Waals surface area contributed by atoms with Crippen LogP contribution in [0.25, 0.3) is 5.76 Å². The number of hydrogen-bond donors (Lipinski definition) is 1. The zero-order valence-corrected chi connectivity index (χ0v) is 17.6. The van der Waals surface area contributed by atoms with Gasteiger partial charge in [0, 0.05) is 6.54 Å². The average molecular weight is 393 g/mol. The fourth-order valence-electron chi connectivity index (χ4n) is 4.08. The number of benzene rings is 2. The van der Waals surface area contributed by atoms with E-state index in [1.54, 1.807) is 11.0 Å². The number of ether oxygens (including phenoxy) is 1. The summed E-state index contributed by atoms with van der Waals surface area (Å²) in [5, 5.41) is 11.3. The summed E-state index contributed by atoms with van der Waals surface area (Å²) in [5.41, 5.74) is 4.15. The van der Waals surface area contributed by atoms with Crippen LogP contribution >= 0.6 is 0 Å². The number of hydrogen-bond acceptors (Lipinski definition) is 4. The van der Waals surface area contributed by atoms with Crippen molar-refractivity contribution in [3.8, 4) is 5.75 Å². The fraction of sp³-hybridized carbons (Fsp3) is 0.333. The van der Waals surface area contributed by atoms with Gasteiger partial charge in [-0.05, 0) is 49.9 Å². The molecule has 0 aliphatic carbocycles. The van der Waals surface area contributed by atoms with Gasteiger partial charge in [-0.2, -0.15) is 0 Å². The van der Waals surface area contributed by atoms with E-state index in [1.807, 2.05) is 58.0 Å². The quantitative estimate of drug-likeness (QED) is 0.463. The normalized spacial score (nSPS) is 18.4. The second-order valence-corrected chi connectivity index (χ2v) is 7.57. The molecule has 0 spiro atoms. The van der Waals surface area contributed by atoms with Crippen molar-refractivity contribution in [3.05, 3.63) is 69.8 Å². The molecule has 1 N–H and O–H groups in total. The summed E-state index contributed by atoms with van der Waals surface area (Å²) in [6, 6.07) is 10.8. The molecule has 152 valence electrons. The molecule has 0 aromatic heterocycles. The number of Topliss-reactive ketones (excluding diaryl/α,β-unsaturated/α-hetero) is 1. The van der Waals surface area contributed by atoms with Gasteiger partial charge in [-0.1, -0.05) is 42.8 Å². The predicted octanol–water partition coefficient (Wildman–Crippen LogP) is 4.45. The summed E-state index contributed by atoms with van der Waals surface area (Å²) in [6.07, 6.45) is 0.711. The van der Waals surface area contributed by atoms with Crippen molar-refractivity contribution >= 4 is 17.4 Å². The number of aryl methyl sites for hydroxylation is 3. The van der Waals surface area contributed by atoms with Crippen LogP contribution in [-0.4, -0.2) is 35.4 Å². The lowest BCUT2D eigenvalue weighted by Crippen LogP contribution is -2.30. The van der Waals surface area contributed by atoms with Crippen LogP contribution in [0.15, 0.2) is 42.0 Å². The van der Waals surface area contributed by atoms with Crippen molar-refractivity contribution in [1.82, 2.24) is 4.90 Å². The summed E-state index contributed by atoms with van der Waals surface area (Å²) in [5.74, 6) is -0.943. The summed E-state index contributed by atoms with van der Waals surface area (Å²) in [4.78, 5) is 27.3. The molecule has 1 amide bonds. The molecule has 0 radical (unpaired) electrons. The van der Waals surface area contributed by atoms with Gasteiger partial charge >= 0.3 is 0 Å². The molecule has 1 unspecified atom stereocenters. The molecule has 2 aromatic rings. The highest BCUT2D eigenvalue weighted by molar-refractivity contribution is 6.46. The Morgan fingerprint density at radius 3 is 2.45 bits per heavy atom. The van der Waals surface area contributed by atoms with E-state index in [0.29, 0.717) is 24.3 Å². The van der Waals surface area contributed by atoms with Crippen LogP contribution in [-0.2, 0) is 9.59 Å². The Kier molecular flexibility index (Phi) is 5.78. The van der Waals surface area contributed by atoms with Crippen LogP contribution in [0.3, 0.4) is 0 Å². The predicted molar refractivity (Wildman–Crippen MR) is 113 cm³/mol. The zero-order chi connectivity index (χ0) is 21.3. The average Bonchev–Trinajstić information content (AvgIpc) is 2.92. The third-order valence-electron chi connectivity index (χ3n) is 5.24. The van der Waals surface area contributed by atoms with Crippen LogP contribution < -0.4 is 4.74 Å². The minimum Gasteiger partial charge on any atom is -0.507 e. The highest BCUT2D eigenvalue weighted by Gasteiger charge is 2.46. The van der Waals surface area contributed by atoms with E-state index in [9.17, 15) is 14.7 Å². The van der Waals surface area contributed by atoms with E-state index in [0.717, 1.165) is 22.3 Å². The van der Waals surface area contributed by atoms with Crippen LogP contribution in [0.4, 0.5) is 0 Å². The number of aliphatic hydroxyl groups excluding tert-OH is 1. The van der Waals surface area contributed by atoms with Crippen LogP contribution in [0.5, 0.6) is 5.75 Å². The van der Waals surface area contributed by atoms with E-state index in [2.05, 4.69) is 0 Å². The smallest absolute Gasteiger partial charge is 0.295 e. The SMILES string of the molecule is CCCN1C(=O)C(=O)/C(=C(/O)c2cc(C)cc(C)c2OC)C1c1cccc(C)c1. The highest BCUT2D eigenvalue weighted by atomic mass is 16.5. The molecule has 1 atom stereocenters. The van der Waals surface area contributed by atoms with E-state index in [1.165, 1.54) is 7.11 Å². The molecule has 1 aliphatic heterocycles. The van der Waals surface area contributed by atoms with Gasteiger partial charge in [0.05, 0.1) is 24.3 Å². The Bertz CT molecular complexity index is 1010. The van der Waals surface area contributed by atoms with Gasteiger partial charge in [-0.25, -0.2) is 0 Å². The number of carbonyl (C=O) groups excluding carboxylic acids is 2. The highest BCUT2D eigenvalue weighted by Crippen LogP contribution is 2.41. The molecule has 5 heteroatoms. The van der Waals surface area contributed by atoms with Crippen molar-refractivity contribution < 1.29 is 19.4 Å². The van der Waals surface area contributed by atoms with Crippen molar-refractivity contribution in [2.24, 2.45) is 0 Å². The Morgan fingerprint density at radius 2 is 1.83 bits per heavy atom. The Labute approximate surface area is 171 Å². The van der Waals surface area contributed by atoms with Crippen LogP contribution in [0, 0.1) is 20.8 Å². The van der Waals surface area contributed by atoms with Gasteiger partial charge < -0.3 is 14.7 Å². The number of amides is 1. The van der Waals surface area contributed by atoms with Gasteiger partial charge in [-0.3, -0.25) is 9.59 Å². The van der Waals surface area contributed by atoms with Gasteiger partial charge in [0.25, 0.3) is 11.7 Å². The van der Waals surface area contributed by atoms with Gasteiger partial charge in [0.2, 0.25) is 0 Å². The molecule has 1 aliphatic rings. The molecule has 1 fully saturated rings. The van der Waals surface area contributed by atoms with Gasteiger partial charge in [-0.15, -0.1) is 0 Å². The first-order chi connectivity index (χ1) is 13.8. The second-order valence-electron chi connectivity index (χ2n) is 7.57. The first-order valence-electron chi connectivity index (χ1n) is 9.80. The van der Waals surface area contributed by atoms with Gasteiger partial charge in [0.1, 0.15) is 11.5 Å². The third-order valence-corrected chi connectivity index (χ3v) is 5.24. The first kappa shape index (κ1) is 20.6. The van der Waals surface area contributed by atoms with Crippen LogP contribution in [0.2, 0.25) is 0 Å². The lowest BCUT2D eigenvalue weighted by Gasteiger charge is -2.25. The first-order valence-corrected chi connectivity index (χ1v) is 9.80. The molecule has 5 nitrogen and oxygen atoms in total. The maximum absolute atomic E-state index is 13.0. The van der Waals surface area contributed by atoms with E-state index < -0.39 is 17.7 Å². The van der Waals surface area contributed by atoms with Crippen molar-refractivity contribution in [2.45, 2.75) is 40.2 Å². The number of aliphatic hydroxyl groups is 1. The molecule has 1 heterocycles. The monoisotopic (exact) mass is 393 g/mol. The summed E-state index contributed by atoms with van der Waals surface area (Å²) >= 11 is 0. The molecular weight excluding hydrogens is 366 g/mol. The number of rotatable bonds is 5. The molecule has 0 saturated carbocycles. The van der Waals surface area contributed by atoms with Crippen molar-refractivity contribution in [1.29, 1.82) is 0 Å². The second kappa shape index (κ2) is 8.11. The Hall–Kier alpha value is -3.08. The van der Waals surface area contributed by atoms with E-state index in [-0.39, 0.29) is 11.3 Å². The van der Waals surface area contributed by atoms with Crippen molar-refractivity contribution in [2.75, 3.05) is 13.7 Å². The standard InChI is InChI=1S/C24H27NO4/c1-6-10-25-20(17-9-7-8-14(2)12-17)19(22(27)24(25)28)21(26)18-13-15(3)11-16(4)23(18)29-5/h7-9,11-13,20,26H,6,10H2,1-5H3/b21-19+. The van der Waals surface area contributed by atoms with E-state index in [4.69, 9.17) is 4.74 Å². The Balaban J connectivity index is 2.29. The lowest BCUT2D eigenvalue weighted by atomic mass is 9.93. The lowest BCUT2D eigenvalue weighted by molar-refractivity contribution is -0.139. The molecule has 29 heavy (non-hydrogen) atoms. The zero-order valence-electron chi connectivity index (χ0n) is 17.6. The summed E-state index contributed by atoms with van der Waals surface area (Å²) in [7, 11) is 1.53. The summed E-state index contributed by atoms with van der Waals surface area (Å²) in [6.45, 7) is 8.15. The molecule has 2 aromatic carbocycles. The van der Waals surface area contributed by atoms with Crippen LogP contribution in [0.1, 0.15) is 47.2 Å². The third kappa shape index (κ3) is 3.65. The minimum absolute atomic E-state index is 0.109. The Morgan fingerprint density at radius 1 is 1.10 bits per heavy atom.